The second kappa shape index (κ2) is 9.01. The van der Waals surface area contributed by atoms with Crippen LogP contribution in [0.5, 0.6) is 0 Å². The van der Waals surface area contributed by atoms with E-state index in [1.807, 2.05) is 6.20 Å². The van der Waals surface area contributed by atoms with Gasteiger partial charge in [0.25, 0.3) is 0 Å². The Morgan fingerprint density at radius 2 is 1.93 bits per heavy atom. The maximum Gasteiger partial charge on any atom is 0.241 e. The molecule has 0 bridgehead atoms. The van der Waals surface area contributed by atoms with E-state index in [4.69, 9.17) is 4.52 Å². The average Bonchev–Trinajstić information content (AvgIpc) is 3.18. The predicted molar refractivity (Wildman–Crippen MR) is 110 cm³/mol. The molecule has 2 aromatic heterocycles. The van der Waals surface area contributed by atoms with Gasteiger partial charge in [-0.1, -0.05) is 19.0 Å². The Balaban J connectivity index is 1.34. The zero-order chi connectivity index (χ0) is 19.3. The summed E-state index contributed by atoms with van der Waals surface area (Å²) in [5.41, 5.74) is 0.913. The molecule has 152 valence electrons. The second-order valence-corrected chi connectivity index (χ2v) is 8.23. The Hall–Kier alpha value is -1.99. The second-order valence-electron chi connectivity index (χ2n) is 8.23. The van der Waals surface area contributed by atoms with Crippen LogP contribution in [0.1, 0.15) is 39.0 Å². The zero-order valence-electron chi connectivity index (χ0n) is 17.2. The highest BCUT2D eigenvalue weighted by atomic mass is 16.5. The zero-order valence-corrected chi connectivity index (χ0v) is 17.2. The first kappa shape index (κ1) is 19.3. The van der Waals surface area contributed by atoms with Gasteiger partial charge in [0.15, 0.2) is 0 Å². The minimum Gasteiger partial charge on any atom is -0.356 e. The Labute approximate surface area is 167 Å². The van der Waals surface area contributed by atoms with E-state index < -0.39 is 0 Å². The Morgan fingerprint density at radius 3 is 2.64 bits per heavy atom. The molecule has 2 saturated heterocycles. The highest BCUT2D eigenvalue weighted by Crippen LogP contribution is 2.23. The van der Waals surface area contributed by atoms with Crippen LogP contribution in [0.15, 0.2) is 22.9 Å². The molecule has 0 radical (unpaired) electrons. The molecule has 0 saturated carbocycles. The summed E-state index contributed by atoms with van der Waals surface area (Å²) in [7, 11) is 0. The number of nitrogens with zero attached hydrogens (tertiary/aromatic N) is 6. The molecule has 0 spiro atoms. The molecule has 2 aromatic rings. The molecular formula is C21H32N6O. The molecule has 2 fully saturated rings. The minimum absolute atomic E-state index is 0.630. The van der Waals surface area contributed by atoms with E-state index in [0.717, 1.165) is 63.1 Å². The lowest BCUT2D eigenvalue weighted by Gasteiger charge is -2.33. The number of rotatable bonds is 6. The highest BCUT2D eigenvalue weighted by Gasteiger charge is 2.20. The molecule has 28 heavy (non-hydrogen) atoms. The van der Waals surface area contributed by atoms with Gasteiger partial charge in [-0.25, -0.2) is 4.98 Å². The van der Waals surface area contributed by atoms with Crippen molar-refractivity contribution in [3.63, 3.8) is 0 Å². The summed E-state index contributed by atoms with van der Waals surface area (Å²) in [4.78, 5) is 16.5. The lowest BCUT2D eigenvalue weighted by Crippen LogP contribution is -2.46. The van der Waals surface area contributed by atoms with Crippen molar-refractivity contribution in [2.45, 2.75) is 39.7 Å². The number of hydrogen-bond donors (Lipinski definition) is 0. The molecule has 0 aliphatic carbocycles. The van der Waals surface area contributed by atoms with E-state index in [1.165, 1.54) is 25.8 Å². The topological polar surface area (TPSA) is 61.5 Å². The fourth-order valence-electron chi connectivity index (χ4n) is 4.22. The maximum absolute atomic E-state index is 5.50. The van der Waals surface area contributed by atoms with Crippen molar-refractivity contribution in [3.05, 3.63) is 24.2 Å². The predicted octanol–water partition coefficient (Wildman–Crippen LogP) is 2.90. The number of anilines is 1. The van der Waals surface area contributed by atoms with E-state index in [1.54, 1.807) is 0 Å². The molecule has 0 unspecified atom stereocenters. The number of pyridine rings is 1. The number of piperidine rings is 1. The van der Waals surface area contributed by atoms with Crippen molar-refractivity contribution in [2.24, 2.45) is 5.92 Å². The highest BCUT2D eigenvalue weighted by molar-refractivity contribution is 5.55. The van der Waals surface area contributed by atoms with Crippen LogP contribution in [-0.2, 0) is 6.54 Å². The molecule has 4 heterocycles. The van der Waals surface area contributed by atoms with E-state index in [2.05, 4.69) is 55.8 Å². The summed E-state index contributed by atoms with van der Waals surface area (Å²) in [6, 6.07) is 4.14. The smallest absolute Gasteiger partial charge is 0.241 e. The van der Waals surface area contributed by atoms with Crippen LogP contribution >= 0.6 is 0 Å². The van der Waals surface area contributed by atoms with Gasteiger partial charge in [-0.15, -0.1) is 0 Å². The molecule has 2 aliphatic rings. The van der Waals surface area contributed by atoms with Crippen molar-refractivity contribution < 1.29 is 4.52 Å². The number of aromatic nitrogens is 3. The molecule has 1 atom stereocenters. The van der Waals surface area contributed by atoms with Gasteiger partial charge in [0, 0.05) is 51.0 Å². The van der Waals surface area contributed by atoms with E-state index in [-0.39, 0.29) is 0 Å². The van der Waals surface area contributed by atoms with Crippen molar-refractivity contribution >= 4 is 5.82 Å². The number of hydrogen-bond acceptors (Lipinski definition) is 7. The Bertz CT molecular complexity index is 738. The van der Waals surface area contributed by atoms with Crippen molar-refractivity contribution in [3.8, 4) is 11.4 Å². The quantitative estimate of drug-likeness (QED) is 0.759. The fourth-order valence-corrected chi connectivity index (χ4v) is 4.22. The van der Waals surface area contributed by atoms with Gasteiger partial charge < -0.3 is 14.3 Å². The first-order chi connectivity index (χ1) is 13.7. The summed E-state index contributed by atoms with van der Waals surface area (Å²) in [5.74, 6) is 3.10. The van der Waals surface area contributed by atoms with Crippen LogP contribution in [0.4, 0.5) is 5.82 Å². The fraction of sp³-hybridized carbons (Fsp3) is 0.667. The van der Waals surface area contributed by atoms with Crippen LogP contribution in [0.25, 0.3) is 11.4 Å². The lowest BCUT2D eigenvalue weighted by atomic mass is 10.0. The molecule has 4 rings (SSSR count). The summed E-state index contributed by atoms with van der Waals surface area (Å²) in [6.45, 7) is 13.0. The molecular weight excluding hydrogens is 352 g/mol. The first-order valence-electron chi connectivity index (χ1n) is 10.7. The molecule has 2 aliphatic heterocycles. The average molecular weight is 385 g/mol. The van der Waals surface area contributed by atoms with Gasteiger partial charge in [-0.3, -0.25) is 4.90 Å². The van der Waals surface area contributed by atoms with E-state index in [0.29, 0.717) is 11.7 Å². The lowest BCUT2D eigenvalue weighted by molar-refractivity contribution is 0.117. The summed E-state index contributed by atoms with van der Waals surface area (Å²) in [6.07, 6.45) is 5.64. The standard InChI is InChI=1S/C21H32N6O/c1-3-8-25-10-12-26(13-11-25)16-20-23-21(24-28-20)18-6-7-19(22-14-18)27-9-4-5-17(2)15-27/h6-7,14,17H,3-5,8-13,15-16H2,1-2H3/t17-/m1/s1. The van der Waals surface area contributed by atoms with Crippen LogP contribution in [0.2, 0.25) is 0 Å². The van der Waals surface area contributed by atoms with E-state index in [9.17, 15) is 0 Å². The Morgan fingerprint density at radius 1 is 1.11 bits per heavy atom. The van der Waals surface area contributed by atoms with E-state index >= 15 is 0 Å². The molecule has 0 aromatic carbocycles. The van der Waals surface area contributed by atoms with Gasteiger partial charge in [-0.05, 0) is 43.9 Å². The normalized spacial score (nSPS) is 21.9. The monoisotopic (exact) mass is 384 g/mol. The molecule has 0 N–H and O–H groups in total. The third-order valence-electron chi connectivity index (χ3n) is 5.82. The summed E-state index contributed by atoms with van der Waals surface area (Å²) >= 11 is 0. The number of piperazine rings is 1. The summed E-state index contributed by atoms with van der Waals surface area (Å²) < 4.78 is 5.50. The SMILES string of the molecule is CCCN1CCN(Cc2nc(-c3ccc(N4CCC[C@@H](C)C4)nc3)no2)CC1. The van der Waals surface area contributed by atoms with Gasteiger partial charge in [0.05, 0.1) is 6.54 Å². The third-order valence-corrected chi connectivity index (χ3v) is 5.82. The molecule has 7 heteroatoms. The van der Waals surface area contributed by atoms with Crippen LogP contribution in [-0.4, -0.2) is 70.7 Å². The first-order valence-corrected chi connectivity index (χ1v) is 10.7. The van der Waals surface area contributed by atoms with Crippen LogP contribution < -0.4 is 4.90 Å². The van der Waals surface area contributed by atoms with Crippen molar-refractivity contribution in [1.82, 2.24) is 24.9 Å². The Kier molecular flexibility index (Phi) is 6.22. The molecule has 0 amide bonds. The third kappa shape index (κ3) is 4.70. The minimum atomic E-state index is 0.630. The van der Waals surface area contributed by atoms with Crippen molar-refractivity contribution in [1.29, 1.82) is 0 Å². The summed E-state index contributed by atoms with van der Waals surface area (Å²) in [5, 5.41) is 4.17. The van der Waals surface area contributed by atoms with Gasteiger partial charge >= 0.3 is 0 Å². The van der Waals surface area contributed by atoms with Crippen LogP contribution in [0, 0.1) is 5.92 Å². The van der Waals surface area contributed by atoms with Crippen LogP contribution in [0.3, 0.4) is 0 Å². The maximum atomic E-state index is 5.50. The molecule has 7 nitrogen and oxygen atoms in total. The van der Waals surface area contributed by atoms with Crippen molar-refractivity contribution in [2.75, 3.05) is 50.7 Å². The largest absolute Gasteiger partial charge is 0.356 e. The van der Waals surface area contributed by atoms with Gasteiger partial charge in [0.2, 0.25) is 11.7 Å². The van der Waals surface area contributed by atoms with Gasteiger partial charge in [0.1, 0.15) is 5.82 Å². The van der Waals surface area contributed by atoms with Gasteiger partial charge in [-0.2, -0.15) is 4.98 Å².